The number of oxazole rings is 1. The lowest BCUT2D eigenvalue weighted by atomic mass is 10.1. The second-order valence-corrected chi connectivity index (χ2v) is 5.70. The highest BCUT2D eigenvalue weighted by atomic mass is 79.9. The highest BCUT2D eigenvalue weighted by Gasteiger charge is 2.10. The number of nitrogens with zero attached hydrogens (tertiary/aromatic N) is 1. The molecule has 0 aliphatic rings. The van der Waals surface area contributed by atoms with Gasteiger partial charge in [-0.2, -0.15) is 0 Å². The molecule has 108 valence electrons. The van der Waals surface area contributed by atoms with E-state index < -0.39 is 0 Å². The van der Waals surface area contributed by atoms with E-state index in [0.29, 0.717) is 0 Å². The van der Waals surface area contributed by atoms with E-state index in [4.69, 9.17) is 4.42 Å². The van der Waals surface area contributed by atoms with Gasteiger partial charge in [0.05, 0.1) is 6.20 Å². The first-order valence-electron chi connectivity index (χ1n) is 7.13. The summed E-state index contributed by atoms with van der Waals surface area (Å²) in [6, 6.07) is 6.15. The zero-order valence-electron chi connectivity index (χ0n) is 12.1. The van der Waals surface area contributed by atoms with Crippen molar-refractivity contribution in [2.75, 3.05) is 13.1 Å². The van der Waals surface area contributed by atoms with Gasteiger partial charge in [0.25, 0.3) is 0 Å². The van der Waals surface area contributed by atoms with E-state index in [1.54, 1.807) is 0 Å². The Hall–Kier alpha value is -1.13. The van der Waals surface area contributed by atoms with Crippen LogP contribution in [0, 0.1) is 6.92 Å². The molecule has 2 aromatic rings. The predicted octanol–water partition coefficient (Wildman–Crippen LogP) is 4.34. The first kappa shape index (κ1) is 15.3. The Balaban J connectivity index is 1.97. The van der Waals surface area contributed by atoms with E-state index in [9.17, 15) is 0 Å². The molecule has 1 heterocycles. The van der Waals surface area contributed by atoms with Gasteiger partial charge in [0.1, 0.15) is 0 Å². The molecule has 4 heteroatoms. The number of benzene rings is 1. The molecular weight excluding hydrogens is 316 g/mol. The van der Waals surface area contributed by atoms with Crippen molar-refractivity contribution in [1.82, 2.24) is 10.3 Å². The highest BCUT2D eigenvalue weighted by molar-refractivity contribution is 9.10. The van der Waals surface area contributed by atoms with Gasteiger partial charge in [0, 0.05) is 16.5 Å². The second-order valence-electron chi connectivity index (χ2n) is 4.91. The minimum atomic E-state index is 0.812. The van der Waals surface area contributed by atoms with Crippen molar-refractivity contribution >= 4 is 15.9 Å². The fourth-order valence-electron chi connectivity index (χ4n) is 2.05. The normalized spacial score (nSPS) is 10.9. The molecule has 0 aliphatic carbocycles. The van der Waals surface area contributed by atoms with Crippen LogP contribution in [0.4, 0.5) is 0 Å². The number of halogens is 1. The van der Waals surface area contributed by atoms with E-state index in [0.717, 1.165) is 47.6 Å². The zero-order valence-corrected chi connectivity index (χ0v) is 13.7. The maximum Gasteiger partial charge on any atom is 0.194 e. The van der Waals surface area contributed by atoms with Gasteiger partial charge in [-0.15, -0.1) is 0 Å². The average molecular weight is 337 g/mol. The lowest BCUT2D eigenvalue weighted by molar-refractivity contribution is 0.491. The van der Waals surface area contributed by atoms with Crippen LogP contribution in [0.25, 0.3) is 11.3 Å². The van der Waals surface area contributed by atoms with E-state index >= 15 is 0 Å². The summed E-state index contributed by atoms with van der Waals surface area (Å²) in [6.45, 7) is 6.34. The predicted molar refractivity (Wildman–Crippen MR) is 85.9 cm³/mol. The van der Waals surface area contributed by atoms with E-state index in [-0.39, 0.29) is 0 Å². The van der Waals surface area contributed by atoms with E-state index in [2.05, 4.69) is 46.1 Å². The van der Waals surface area contributed by atoms with Crippen LogP contribution in [0.1, 0.15) is 31.2 Å². The number of rotatable bonds is 7. The van der Waals surface area contributed by atoms with Crippen LogP contribution in [0.5, 0.6) is 0 Å². The summed E-state index contributed by atoms with van der Waals surface area (Å²) in [6.07, 6.45) is 4.91. The zero-order chi connectivity index (χ0) is 14.4. The minimum Gasteiger partial charge on any atom is -0.441 e. The average Bonchev–Trinajstić information content (AvgIpc) is 2.90. The quantitative estimate of drug-likeness (QED) is 0.764. The lowest BCUT2D eigenvalue weighted by Gasteiger charge is -2.03. The molecule has 0 amide bonds. The smallest absolute Gasteiger partial charge is 0.194 e. The fraction of sp³-hybridized carbons (Fsp3) is 0.438. The van der Waals surface area contributed by atoms with Crippen LogP contribution in [0.3, 0.4) is 0 Å². The van der Waals surface area contributed by atoms with Gasteiger partial charge < -0.3 is 9.73 Å². The standard InChI is InChI=1S/C16H21BrN2O/c1-3-9-18-10-5-8-15-19-11-14(20-15)13-7-4-6-12(2)16(13)17/h4,6-7,11,18H,3,5,8-10H2,1-2H3. The Morgan fingerprint density at radius 2 is 2.15 bits per heavy atom. The molecule has 0 bridgehead atoms. The Bertz CT molecular complexity index is 551. The maximum absolute atomic E-state index is 5.84. The summed E-state index contributed by atoms with van der Waals surface area (Å²) in [7, 11) is 0. The third-order valence-corrected chi connectivity index (χ3v) is 4.23. The van der Waals surface area contributed by atoms with Crippen molar-refractivity contribution in [3.05, 3.63) is 40.3 Å². The number of hydrogen-bond acceptors (Lipinski definition) is 3. The Labute approximate surface area is 128 Å². The van der Waals surface area contributed by atoms with Crippen LogP contribution in [-0.4, -0.2) is 18.1 Å². The molecule has 0 atom stereocenters. The van der Waals surface area contributed by atoms with Crippen LogP contribution >= 0.6 is 15.9 Å². The van der Waals surface area contributed by atoms with Crippen molar-refractivity contribution in [2.24, 2.45) is 0 Å². The molecular formula is C16H21BrN2O. The third-order valence-electron chi connectivity index (χ3n) is 3.18. The van der Waals surface area contributed by atoms with Crippen molar-refractivity contribution in [2.45, 2.75) is 33.1 Å². The number of hydrogen-bond donors (Lipinski definition) is 1. The van der Waals surface area contributed by atoms with Gasteiger partial charge in [-0.3, -0.25) is 0 Å². The molecule has 0 saturated heterocycles. The summed E-state index contributed by atoms with van der Waals surface area (Å²) in [5.41, 5.74) is 2.26. The molecule has 0 radical (unpaired) electrons. The summed E-state index contributed by atoms with van der Waals surface area (Å²) < 4.78 is 6.92. The SMILES string of the molecule is CCCNCCCc1ncc(-c2cccc(C)c2Br)o1. The van der Waals surface area contributed by atoms with Gasteiger partial charge >= 0.3 is 0 Å². The monoisotopic (exact) mass is 336 g/mol. The summed E-state index contributed by atoms with van der Waals surface area (Å²) in [5.74, 6) is 1.64. The molecule has 0 fully saturated rings. The molecule has 0 spiro atoms. The Kier molecular flexibility index (Phi) is 5.80. The fourth-order valence-corrected chi connectivity index (χ4v) is 2.51. The van der Waals surface area contributed by atoms with Crippen LogP contribution < -0.4 is 5.32 Å². The largest absolute Gasteiger partial charge is 0.441 e. The Morgan fingerprint density at radius 3 is 2.95 bits per heavy atom. The van der Waals surface area contributed by atoms with Crippen molar-refractivity contribution in [1.29, 1.82) is 0 Å². The van der Waals surface area contributed by atoms with E-state index in [1.807, 2.05) is 18.3 Å². The molecule has 1 N–H and O–H groups in total. The first-order chi connectivity index (χ1) is 9.72. The number of aryl methyl sites for hydroxylation is 2. The molecule has 1 aromatic carbocycles. The first-order valence-corrected chi connectivity index (χ1v) is 7.92. The summed E-state index contributed by atoms with van der Waals surface area (Å²) in [5, 5.41) is 3.38. The molecule has 1 aromatic heterocycles. The molecule has 3 nitrogen and oxygen atoms in total. The van der Waals surface area contributed by atoms with Gasteiger partial charge in [-0.1, -0.05) is 25.1 Å². The highest BCUT2D eigenvalue weighted by Crippen LogP contribution is 2.31. The van der Waals surface area contributed by atoms with Gasteiger partial charge in [0.15, 0.2) is 11.7 Å². The maximum atomic E-state index is 5.84. The van der Waals surface area contributed by atoms with Crippen LogP contribution in [-0.2, 0) is 6.42 Å². The van der Waals surface area contributed by atoms with Crippen molar-refractivity contribution in [3.8, 4) is 11.3 Å². The number of aromatic nitrogens is 1. The van der Waals surface area contributed by atoms with Crippen molar-refractivity contribution < 1.29 is 4.42 Å². The van der Waals surface area contributed by atoms with E-state index in [1.165, 1.54) is 12.0 Å². The molecule has 2 rings (SSSR count). The third kappa shape index (κ3) is 3.93. The van der Waals surface area contributed by atoms with Gasteiger partial charge in [-0.25, -0.2) is 4.98 Å². The molecule has 0 saturated carbocycles. The number of nitrogens with one attached hydrogen (secondary N) is 1. The summed E-state index contributed by atoms with van der Waals surface area (Å²) >= 11 is 3.61. The van der Waals surface area contributed by atoms with Crippen LogP contribution in [0.2, 0.25) is 0 Å². The van der Waals surface area contributed by atoms with Crippen LogP contribution in [0.15, 0.2) is 33.3 Å². The molecule has 0 unspecified atom stereocenters. The second kappa shape index (κ2) is 7.60. The minimum absolute atomic E-state index is 0.812. The summed E-state index contributed by atoms with van der Waals surface area (Å²) in [4.78, 5) is 4.37. The Morgan fingerprint density at radius 1 is 1.30 bits per heavy atom. The van der Waals surface area contributed by atoms with Gasteiger partial charge in [-0.05, 0) is 54.3 Å². The molecule has 0 aliphatic heterocycles. The van der Waals surface area contributed by atoms with Gasteiger partial charge in [0.2, 0.25) is 0 Å². The topological polar surface area (TPSA) is 38.1 Å². The lowest BCUT2D eigenvalue weighted by Crippen LogP contribution is -2.16. The molecule has 20 heavy (non-hydrogen) atoms. The van der Waals surface area contributed by atoms with Crippen molar-refractivity contribution in [3.63, 3.8) is 0 Å².